The molecular weight excluding hydrogens is 547 g/mol. The van der Waals surface area contributed by atoms with Crippen LogP contribution in [-0.2, 0) is 19.6 Å². The lowest BCUT2D eigenvalue weighted by Gasteiger charge is -2.48. The van der Waals surface area contributed by atoms with E-state index in [0.29, 0.717) is 42.1 Å². The van der Waals surface area contributed by atoms with E-state index >= 15 is 0 Å². The molecule has 1 N–H and O–H groups in total. The Morgan fingerprint density at radius 3 is 2.37 bits per heavy atom. The van der Waals surface area contributed by atoms with Crippen molar-refractivity contribution in [3.63, 3.8) is 0 Å². The number of hydrogen-bond acceptors (Lipinski definition) is 4. The Morgan fingerprint density at radius 1 is 1.11 bits per heavy atom. The number of hydrogen-bond donors (Lipinski definition) is 1. The lowest BCUT2D eigenvalue weighted by Crippen LogP contribution is -2.53. The molecular formula is C28H32Cl2N2O5S. The van der Waals surface area contributed by atoms with Crippen LogP contribution in [0.25, 0.3) is 0 Å². The number of aliphatic carboxylic acids is 1. The number of piperidine rings is 1. The molecule has 2 aromatic carbocycles. The van der Waals surface area contributed by atoms with Gasteiger partial charge in [-0.05, 0) is 74.4 Å². The number of carbonyl (C=O) groups is 2. The fraction of sp³-hybridized carbons (Fsp3) is 0.500. The summed E-state index contributed by atoms with van der Waals surface area (Å²) in [6.07, 6.45) is 2.49. The summed E-state index contributed by atoms with van der Waals surface area (Å²) in [5, 5.41) is 10.7. The number of amides is 1. The summed E-state index contributed by atoms with van der Waals surface area (Å²) < 4.78 is 26.8. The van der Waals surface area contributed by atoms with Crippen molar-refractivity contribution in [2.24, 2.45) is 11.3 Å². The molecule has 38 heavy (non-hydrogen) atoms. The highest BCUT2D eigenvalue weighted by Crippen LogP contribution is 2.65. The predicted molar refractivity (Wildman–Crippen MR) is 147 cm³/mol. The van der Waals surface area contributed by atoms with Crippen LogP contribution in [0.4, 0.5) is 0 Å². The fourth-order valence-corrected chi connectivity index (χ4v) is 8.00. The molecule has 0 radical (unpaired) electrons. The molecule has 5 unspecified atom stereocenters. The third-order valence-electron chi connectivity index (χ3n) is 8.50. The maximum Gasteiger partial charge on any atom is 0.307 e. The van der Waals surface area contributed by atoms with Gasteiger partial charge >= 0.3 is 5.97 Å². The van der Waals surface area contributed by atoms with Crippen molar-refractivity contribution in [1.82, 2.24) is 9.21 Å². The van der Waals surface area contributed by atoms with Crippen LogP contribution in [0.15, 0.2) is 48.5 Å². The number of sulfonamides is 1. The summed E-state index contributed by atoms with van der Waals surface area (Å²) in [6.45, 7) is 2.19. The maximum absolute atomic E-state index is 14.2. The Kier molecular flexibility index (Phi) is 7.31. The van der Waals surface area contributed by atoms with E-state index < -0.39 is 27.3 Å². The number of halogens is 2. The van der Waals surface area contributed by atoms with Crippen LogP contribution in [0.3, 0.4) is 0 Å². The number of carboxylic acid groups (broad SMARTS) is 1. The van der Waals surface area contributed by atoms with Gasteiger partial charge in [-0.25, -0.2) is 12.7 Å². The quantitative estimate of drug-likeness (QED) is 0.433. The highest BCUT2D eigenvalue weighted by molar-refractivity contribution is 7.90. The second-order valence-corrected chi connectivity index (χ2v) is 14.2. The molecule has 7 nitrogen and oxygen atoms in total. The van der Waals surface area contributed by atoms with E-state index in [1.807, 2.05) is 42.2 Å². The smallest absolute Gasteiger partial charge is 0.307 e. The van der Waals surface area contributed by atoms with Crippen LogP contribution in [0.1, 0.15) is 62.1 Å². The monoisotopic (exact) mass is 578 g/mol. The Labute approximate surface area is 233 Å². The SMILES string of the molecule is CC(CCN(C)S(=O)(=O)C1CC1)N1C(=O)C2(CC(c3cccc(Cl)c3)C1c1ccc(Cl)cc1)CC2C(=O)O. The minimum atomic E-state index is -3.34. The first-order chi connectivity index (χ1) is 18.0. The second kappa shape index (κ2) is 10.1. The molecule has 5 rings (SSSR count). The first-order valence-electron chi connectivity index (χ1n) is 13.0. The van der Waals surface area contributed by atoms with Crippen molar-refractivity contribution in [2.75, 3.05) is 13.6 Å². The van der Waals surface area contributed by atoms with Crippen LogP contribution in [0.5, 0.6) is 0 Å². The Balaban J connectivity index is 1.54. The average molecular weight is 580 g/mol. The van der Waals surface area contributed by atoms with Crippen LogP contribution < -0.4 is 0 Å². The predicted octanol–water partition coefficient (Wildman–Crippen LogP) is 5.34. The molecule has 3 aliphatic rings. The maximum atomic E-state index is 14.2. The fourth-order valence-electron chi connectivity index (χ4n) is 6.08. The Hall–Kier alpha value is -2.13. The van der Waals surface area contributed by atoms with Crippen molar-refractivity contribution in [3.8, 4) is 0 Å². The minimum absolute atomic E-state index is 0.177. The molecule has 10 heteroatoms. The van der Waals surface area contributed by atoms with E-state index in [2.05, 4.69) is 0 Å². The lowest BCUT2D eigenvalue weighted by atomic mass is 9.72. The third kappa shape index (κ3) is 4.96. The zero-order chi connectivity index (χ0) is 27.4. The summed E-state index contributed by atoms with van der Waals surface area (Å²) in [5.74, 6) is -2.08. The van der Waals surface area contributed by atoms with Gasteiger partial charge in [-0.2, -0.15) is 0 Å². The van der Waals surface area contributed by atoms with Gasteiger partial charge < -0.3 is 10.0 Å². The second-order valence-electron chi connectivity index (χ2n) is 11.0. The molecule has 1 amide bonds. The van der Waals surface area contributed by atoms with Crippen LogP contribution in [-0.4, -0.2) is 59.5 Å². The molecule has 0 aromatic heterocycles. The summed E-state index contributed by atoms with van der Waals surface area (Å²) in [5.41, 5.74) is 0.842. The average Bonchev–Trinajstić information content (AvgIpc) is 3.79. The number of carbonyl (C=O) groups excluding carboxylic acids is 1. The normalized spacial score (nSPS) is 28.1. The standard InChI is InChI=1S/C28H32Cl2N2O5S/c1-17(12-13-31(2)38(36,37)22-10-11-22)32-25(18-6-8-20(29)9-7-18)23(19-4-3-5-21(30)14-19)15-28(27(32)35)16-24(28)26(33)34/h3-9,14,17,22-25H,10-13,15-16H2,1-2H3,(H,33,34). The lowest BCUT2D eigenvalue weighted by molar-refractivity contribution is -0.153. The highest BCUT2D eigenvalue weighted by atomic mass is 35.5. The number of nitrogens with zero attached hydrogens (tertiary/aromatic N) is 2. The molecule has 2 saturated carbocycles. The van der Waals surface area contributed by atoms with Gasteiger partial charge in [-0.1, -0.05) is 47.5 Å². The van der Waals surface area contributed by atoms with E-state index in [1.54, 1.807) is 25.2 Å². The molecule has 204 valence electrons. The van der Waals surface area contributed by atoms with Gasteiger partial charge in [0.25, 0.3) is 0 Å². The molecule has 1 spiro atoms. The number of benzene rings is 2. The number of carboxylic acids is 1. The van der Waals surface area contributed by atoms with E-state index in [9.17, 15) is 23.1 Å². The van der Waals surface area contributed by atoms with Gasteiger partial charge in [0.15, 0.2) is 0 Å². The molecule has 0 bridgehead atoms. The van der Waals surface area contributed by atoms with Crippen LogP contribution in [0.2, 0.25) is 10.0 Å². The van der Waals surface area contributed by atoms with Gasteiger partial charge in [0.1, 0.15) is 0 Å². The molecule has 2 aromatic rings. The van der Waals surface area contributed by atoms with Gasteiger partial charge in [0.05, 0.1) is 22.6 Å². The van der Waals surface area contributed by atoms with Crippen molar-refractivity contribution in [2.45, 2.75) is 62.3 Å². The molecule has 5 atom stereocenters. The van der Waals surface area contributed by atoms with E-state index in [4.69, 9.17) is 23.2 Å². The first-order valence-corrected chi connectivity index (χ1v) is 15.2. The molecule has 1 aliphatic heterocycles. The topological polar surface area (TPSA) is 95.0 Å². The highest BCUT2D eigenvalue weighted by Gasteiger charge is 2.69. The van der Waals surface area contributed by atoms with Crippen molar-refractivity contribution in [3.05, 3.63) is 69.7 Å². The summed E-state index contributed by atoms with van der Waals surface area (Å²) in [6, 6.07) is 14.2. The van der Waals surface area contributed by atoms with Crippen molar-refractivity contribution < 1.29 is 23.1 Å². The van der Waals surface area contributed by atoms with Crippen molar-refractivity contribution >= 4 is 45.1 Å². The zero-order valence-electron chi connectivity index (χ0n) is 21.4. The molecule has 1 heterocycles. The Morgan fingerprint density at radius 2 is 1.79 bits per heavy atom. The zero-order valence-corrected chi connectivity index (χ0v) is 23.7. The van der Waals surface area contributed by atoms with Crippen molar-refractivity contribution in [1.29, 1.82) is 0 Å². The van der Waals surface area contributed by atoms with E-state index in [0.717, 1.165) is 11.1 Å². The van der Waals surface area contributed by atoms with Crippen LogP contribution >= 0.6 is 23.2 Å². The summed E-state index contributed by atoms with van der Waals surface area (Å²) >= 11 is 12.6. The van der Waals surface area contributed by atoms with Gasteiger partial charge in [-0.15, -0.1) is 0 Å². The summed E-state index contributed by atoms with van der Waals surface area (Å²) in [7, 11) is -1.75. The van der Waals surface area contributed by atoms with Gasteiger partial charge in [0.2, 0.25) is 15.9 Å². The molecule has 1 saturated heterocycles. The van der Waals surface area contributed by atoms with Gasteiger partial charge in [-0.3, -0.25) is 9.59 Å². The van der Waals surface area contributed by atoms with E-state index in [-0.39, 0.29) is 35.7 Å². The van der Waals surface area contributed by atoms with E-state index in [1.165, 1.54) is 4.31 Å². The minimum Gasteiger partial charge on any atom is -0.481 e. The molecule has 2 aliphatic carbocycles. The third-order valence-corrected chi connectivity index (χ3v) is 11.4. The summed E-state index contributed by atoms with van der Waals surface area (Å²) in [4.78, 5) is 28.1. The number of rotatable bonds is 9. The number of likely N-dealkylation sites (tertiary alicyclic amines) is 1. The molecule has 3 fully saturated rings. The first kappa shape index (κ1) is 27.4. The van der Waals surface area contributed by atoms with Gasteiger partial charge in [0, 0.05) is 35.6 Å². The van der Waals surface area contributed by atoms with Crippen LogP contribution in [0, 0.1) is 11.3 Å². The largest absolute Gasteiger partial charge is 0.481 e. The Bertz CT molecular complexity index is 1350.